The van der Waals surface area contributed by atoms with Gasteiger partial charge in [0.25, 0.3) is 0 Å². The van der Waals surface area contributed by atoms with Crippen LogP contribution in [0.3, 0.4) is 0 Å². The summed E-state index contributed by atoms with van der Waals surface area (Å²) >= 11 is 0. The van der Waals surface area contributed by atoms with E-state index in [1.165, 1.54) is 0 Å². The van der Waals surface area contributed by atoms with Gasteiger partial charge >= 0.3 is 0 Å². The molecule has 1 rings (SSSR count). The van der Waals surface area contributed by atoms with Crippen molar-refractivity contribution in [3.05, 3.63) is 0 Å². The third-order valence-corrected chi connectivity index (χ3v) is 0.832. The third kappa shape index (κ3) is 0.957. The van der Waals surface area contributed by atoms with Gasteiger partial charge in [-0.15, -0.1) is 0 Å². The van der Waals surface area contributed by atoms with Crippen molar-refractivity contribution in [2.45, 2.75) is 6.04 Å². The van der Waals surface area contributed by atoms with Gasteiger partial charge in [-0.2, -0.15) is 5.53 Å². The van der Waals surface area contributed by atoms with Crippen molar-refractivity contribution in [1.29, 1.82) is 0 Å². The molecule has 1 fully saturated rings. The van der Waals surface area contributed by atoms with Crippen molar-refractivity contribution in [2.75, 3.05) is 6.54 Å². The standard InChI is InChI=1S/C3H7N3O/c7-2-3-1-4-6-5-3/h2-6H,1H2. The summed E-state index contributed by atoms with van der Waals surface area (Å²) < 4.78 is 0. The quantitative estimate of drug-likeness (QED) is 0.340. The van der Waals surface area contributed by atoms with Crippen molar-refractivity contribution in [3.63, 3.8) is 0 Å². The van der Waals surface area contributed by atoms with E-state index >= 15 is 0 Å². The van der Waals surface area contributed by atoms with Gasteiger partial charge in [0.2, 0.25) is 0 Å². The lowest BCUT2D eigenvalue weighted by Crippen LogP contribution is -2.33. The predicted molar refractivity (Wildman–Crippen MR) is 24.1 cm³/mol. The molecule has 0 aliphatic carbocycles. The molecule has 1 heterocycles. The SMILES string of the molecule is O=CC1CNNN1. The Kier molecular flexibility index (Phi) is 1.35. The van der Waals surface area contributed by atoms with Crippen molar-refractivity contribution in [3.8, 4) is 0 Å². The molecule has 0 aromatic heterocycles. The summed E-state index contributed by atoms with van der Waals surface area (Å²) in [5, 5.41) is 0. The van der Waals surface area contributed by atoms with Crippen molar-refractivity contribution >= 4 is 6.29 Å². The molecule has 1 saturated heterocycles. The predicted octanol–water partition coefficient (Wildman–Crippen LogP) is -1.83. The first kappa shape index (κ1) is 4.70. The number of nitrogens with one attached hydrogen (secondary N) is 3. The molecule has 1 atom stereocenters. The number of hydrogen-bond donors (Lipinski definition) is 3. The molecule has 7 heavy (non-hydrogen) atoms. The van der Waals surface area contributed by atoms with Crippen LogP contribution in [0.25, 0.3) is 0 Å². The highest BCUT2D eigenvalue weighted by Gasteiger charge is 2.09. The Morgan fingerprint density at radius 2 is 2.57 bits per heavy atom. The molecule has 0 bridgehead atoms. The summed E-state index contributed by atoms with van der Waals surface area (Å²) in [4.78, 5) is 9.86. The van der Waals surface area contributed by atoms with E-state index in [0.717, 1.165) is 6.29 Å². The lowest BCUT2D eigenvalue weighted by molar-refractivity contribution is -0.109. The Labute approximate surface area is 41.2 Å². The minimum absolute atomic E-state index is 0.0556. The van der Waals surface area contributed by atoms with Crippen molar-refractivity contribution < 1.29 is 4.79 Å². The van der Waals surface area contributed by atoms with E-state index in [-0.39, 0.29) is 6.04 Å². The first-order valence-electron chi connectivity index (χ1n) is 2.12. The van der Waals surface area contributed by atoms with E-state index in [0.29, 0.717) is 6.54 Å². The number of aldehydes is 1. The van der Waals surface area contributed by atoms with E-state index in [1.807, 2.05) is 0 Å². The minimum Gasteiger partial charge on any atom is -0.302 e. The number of rotatable bonds is 1. The molecule has 0 aromatic rings. The van der Waals surface area contributed by atoms with Crippen molar-refractivity contribution in [2.24, 2.45) is 0 Å². The van der Waals surface area contributed by atoms with Gasteiger partial charge in [-0.3, -0.25) is 0 Å². The zero-order valence-corrected chi connectivity index (χ0v) is 3.77. The van der Waals surface area contributed by atoms with Crippen LogP contribution in [-0.4, -0.2) is 18.9 Å². The lowest BCUT2D eigenvalue weighted by atomic mass is 10.4. The smallest absolute Gasteiger partial charge is 0.139 e. The molecule has 3 N–H and O–H groups in total. The van der Waals surface area contributed by atoms with Gasteiger partial charge in [-0.05, 0) is 0 Å². The van der Waals surface area contributed by atoms with E-state index in [9.17, 15) is 4.79 Å². The maximum Gasteiger partial charge on any atom is 0.139 e. The molecule has 40 valence electrons. The molecule has 1 unspecified atom stereocenters. The largest absolute Gasteiger partial charge is 0.302 e. The maximum atomic E-state index is 9.86. The van der Waals surface area contributed by atoms with Gasteiger partial charge in [0.1, 0.15) is 6.29 Å². The van der Waals surface area contributed by atoms with E-state index in [4.69, 9.17) is 0 Å². The second kappa shape index (κ2) is 2.02. The van der Waals surface area contributed by atoms with Crippen LogP contribution in [0.15, 0.2) is 0 Å². The van der Waals surface area contributed by atoms with Crippen molar-refractivity contribution in [1.82, 2.24) is 16.4 Å². The van der Waals surface area contributed by atoms with E-state index < -0.39 is 0 Å². The van der Waals surface area contributed by atoms with Crippen LogP contribution in [0.1, 0.15) is 0 Å². The molecular weight excluding hydrogens is 94.1 g/mol. The third-order valence-electron chi connectivity index (χ3n) is 0.832. The molecular formula is C3H7N3O. The molecule has 4 nitrogen and oxygen atoms in total. The molecule has 0 saturated carbocycles. The number of hydrazine groups is 2. The summed E-state index contributed by atoms with van der Waals surface area (Å²) in [7, 11) is 0. The second-order valence-electron chi connectivity index (χ2n) is 1.39. The minimum atomic E-state index is -0.0556. The summed E-state index contributed by atoms with van der Waals surface area (Å²) in [5.41, 5.74) is 8.00. The molecule has 1 aliphatic heterocycles. The second-order valence-corrected chi connectivity index (χ2v) is 1.39. The number of carbonyl (C=O) groups excluding carboxylic acids is 1. The van der Waals surface area contributed by atoms with E-state index in [2.05, 4.69) is 16.4 Å². The number of hydrogen-bond acceptors (Lipinski definition) is 4. The summed E-state index contributed by atoms with van der Waals surface area (Å²) in [6.45, 7) is 0.670. The Morgan fingerprint density at radius 3 is 2.86 bits per heavy atom. The average molecular weight is 101 g/mol. The highest BCUT2D eigenvalue weighted by molar-refractivity contribution is 5.58. The Morgan fingerprint density at radius 1 is 1.71 bits per heavy atom. The fourth-order valence-corrected chi connectivity index (χ4v) is 0.438. The van der Waals surface area contributed by atoms with Gasteiger partial charge in [-0.1, -0.05) is 0 Å². The highest BCUT2D eigenvalue weighted by atomic mass is 16.1. The average Bonchev–Trinajstić information content (AvgIpc) is 2.14. The van der Waals surface area contributed by atoms with Gasteiger partial charge in [0.05, 0.1) is 6.04 Å². The van der Waals surface area contributed by atoms with Crippen LogP contribution >= 0.6 is 0 Å². The van der Waals surface area contributed by atoms with Crippen LogP contribution < -0.4 is 16.4 Å². The Bertz CT molecular complexity index is 68.6. The fraction of sp³-hybridized carbons (Fsp3) is 0.667. The Hall–Kier alpha value is -0.450. The molecule has 4 heteroatoms. The number of carbonyl (C=O) groups is 1. The summed E-state index contributed by atoms with van der Waals surface area (Å²) in [5.74, 6) is 0. The molecule has 0 radical (unpaired) electrons. The maximum absolute atomic E-state index is 9.86. The zero-order chi connectivity index (χ0) is 5.11. The van der Waals surface area contributed by atoms with Crippen LogP contribution in [0.4, 0.5) is 0 Å². The van der Waals surface area contributed by atoms with Crippen LogP contribution in [0.2, 0.25) is 0 Å². The zero-order valence-electron chi connectivity index (χ0n) is 3.77. The van der Waals surface area contributed by atoms with Gasteiger partial charge in [0, 0.05) is 6.54 Å². The molecule has 0 amide bonds. The molecule has 0 aromatic carbocycles. The van der Waals surface area contributed by atoms with Gasteiger partial charge in [0.15, 0.2) is 0 Å². The first-order valence-corrected chi connectivity index (χ1v) is 2.12. The monoisotopic (exact) mass is 101 g/mol. The molecule has 0 spiro atoms. The summed E-state index contributed by atoms with van der Waals surface area (Å²) in [6.07, 6.45) is 0.854. The Balaban J connectivity index is 2.26. The summed E-state index contributed by atoms with van der Waals surface area (Å²) in [6, 6.07) is -0.0556. The van der Waals surface area contributed by atoms with Crippen LogP contribution in [-0.2, 0) is 4.79 Å². The van der Waals surface area contributed by atoms with E-state index in [1.54, 1.807) is 0 Å². The normalized spacial score (nSPS) is 30.6. The van der Waals surface area contributed by atoms with Crippen LogP contribution in [0.5, 0.6) is 0 Å². The van der Waals surface area contributed by atoms with Gasteiger partial charge < -0.3 is 4.79 Å². The lowest BCUT2D eigenvalue weighted by Gasteiger charge is -1.91. The fourth-order valence-electron chi connectivity index (χ4n) is 0.438. The van der Waals surface area contributed by atoms with Gasteiger partial charge in [-0.25, -0.2) is 10.9 Å². The molecule has 1 aliphatic rings. The topological polar surface area (TPSA) is 53.2 Å². The highest BCUT2D eigenvalue weighted by Crippen LogP contribution is 1.74. The first-order chi connectivity index (χ1) is 3.43. The van der Waals surface area contributed by atoms with Crippen LogP contribution in [0, 0.1) is 0 Å².